The highest BCUT2D eigenvalue weighted by molar-refractivity contribution is 5.94. The second-order valence-corrected chi connectivity index (χ2v) is 5.54. The van der Waals surface area contributed by atoms with Crippen molar-refractivity contribution in [1.82, 2.24) is 15.1 Å². The van der Waals surface area contributed by atoms with E-state index < -0.39 is 5.82 Å². The molecule has 0 N–H and O–H groups in total. The largest absolute Gasteiger partial charge is 0.494 e. The van der Waals surface area contributed by atoms with E-state index in [1.807, 2.05) is 0 Å². The number of hydrogen-bond donors (Lipinski definition) is 0. The van der Waals surface area contributed by atoms with Gasteiger partial charge in [-0.2, -0.15) is 0 Å². The van der Waals surface area contributed by atoms with Crippen molar-refractivity contribution in [3.05, 3.63) is 41.7 Å². The van der Waals surface area contributed by atoms with Gasteiger partial charge in [-0.1, -0.05) is 0 Å². The van der Waals surface area contributed by atoms with Crippen LogP contribution in [0.5, 0.6) is 17.5 Å². The third-order valence-electron chi connectivity index (χ3n) is 3.94. The molecule has 1 aromatic heterocycles. The van der Waals surface area contributed by atoms with Crippen molar-refractivity contribution >= 4 is 5.91 Å². The summed E-state index contributed by atoms with van der Waals surface area (Å²) in [7, 11) is 2.89. The van der Waals surface area contributed by atoms with Crippen LogP contribution in [0.25, 0.3) is 0 Å². The number of nitrogens with zero attached hydrogens (tertiary/aromatic N) is 3. The lowest BCUT2D eigenvalue weighted by atomic mass is 10.2. The lowest BCUT2D eigenvalue weighted by Crippen LogP contribution is -2.31. The van der Waals surface area contributed by atoms with Gasteiger partial charge in [0.25, 0.3) is 5.91 Å². The molecule has 132 valence electrons. The summed E-state index contributed by atoms with van der Waals surface area (Å²) in [5.41, 5.74) is 0.281. The number of amides is 1. The van der Waals surface area contributed by atoms with Crippen molar-refractivity contribution in [2.24, 2.45) is 0 Å². The van der Waals surface area contributed by atoms with Crippen molar-refractivity contribution in [2.75, 3.05) is 27.3 Å². The van der Waals surface area contributed by atoms with Gasteiger partial charge in [0.2, 0.25) is 11.8 Å². The third kappa shape index (κ3) is 3.78. The number of carbonyl (C=O) groups excluding carboxylic acids is 1. The molecule has 2 aromatic rings. The van der Waals surface area contributed by atoms with Gasteiger partial charge >= 0.3 is 0 Å². The first-order valence-corrected chi connectivity index (χ1v) is 7.78. The van der Waals surface area contributed by atoms with Crippen LogP contribution in [0, 0.1) is 5.82 Å². The Morgan fingerprint density at radius 2 is 1.92 bits per heavy atom. The summed E-state index contributed by atoms with van der Waals surface area (Å²) in [6.07, 6.45) is 0.479. The molecule has 1 aliphatic rings. The molecule has 0 bridgehead atoms. The van der Waals surface area contributed by atoms with E-state index in [4.69, 9.17) is 14.2 Å². The van der Waals surface area contributed by atoms with Crippen LogP contribution < -0.4 is 14.2 Å². The topological polar surface area (TPSA) is 73.8 Å². The van der Waals surface area contributed by atoms with Crippen LogP contribution in [-0.2, 0) is 0 Å². The maximum Gasteiger partial charge on any atom is 0.254 e. The van der Waals surface area contributed by atoms with E-state index in [1.165, 1.54) is 26.4 Å². The Labute approximate surface area is 144 Å². The summed E-state index contributed by atoms with van der Waals surface area (Å²) >= 11 is 0. The Kier molecular flexibility index (Phi) is 4.97. The molecule has 3 rings (SSSR count). The van der Waals surface area contributed by atoms with Crippen molar-refractivity contribution in [3.63, 3.8) is 0 Å². The fraction of sp³-hybridized carbons (Fsp3) is 0.353. The molecule has 1 saturated heterocycles. The van der Waals surface area contributed by atoms with Crippen LogP contribution in [0.15, 0.2) is 30.3 Å². The molecule has 8 heteroatoms. The molecule has 0 aliphatic carbocycles. The Morgan fingerprint density at radius 3 is 2.56 bits per heavy atom. The second kappa shape index (κ2) is 7.33. The molecule has 7 nitrogen and oxygen atoms in total. The van der Waals surface area contributed by atoms with Gasteiger partial charge in [-0.25, -0.2) is 4.39 Å². The summed E-state index contributed by atoms with van der Waals surface area (Å²) < 4.78 is 29.3. The SMILES string of the molecule is COc1ccc(O[C@H]2CCN(C(=O)c3ccc(OC)c(F)c3)C2)nn1. The maximum absolute atomic E-state index is 13.8. The number of aromatic nitrogens is 2. The molecule has 1 aliphatic heterocycles. The summed E-state index contributed by atoms with van der Waals surface area (Å²) in [5.74, 6) is 0.0762. The molecular formula is C17H18FN3O4. The second-order valence-electron chi connectivity index (χ2n) is 5.54. The predicted octanol–water partition coefficient (Wildman–Crippen LogP) is 1.93. The van der Waals surface area contributed by atoms with Crippen LogP contribution >= 0.6 is 0 Å². The highest BCUT2D eigenvalue weighted by Crippen LogP contribution is 2.22. The third-order valence-corrected chi connectivity index (χ3v) is 3.94. The summed E-state index contributed by atoms with van der Waals surface area (Å²) in [4.78, 5) is 14.1. The summed E-state index contributed by atoms with van der Waals surface area (Å²) in [6, 6.07) is 7.49. The number of likely N-dealkylation sites (tertiary alicyclic amines) is 1. The molecule has 0 saturated carbocycles. The quantitative estimate of drug-likeness (QED) is 0.823. The minimum atomic E-state index is -0.561. The lowest BCUT2D eigenvalue weighted by molar-refractivity contribution is 0.0770. The molecule has 0 spiro atoms. The average Bonchev–Trinajstić information content (AvgIpc) is 3.10. The standard InChI is InChI=1S/C17H18FN3O4/c1-23-14-4-3-11(9-13(14)18)17(22)21-8-7-12(10-21)25-16-6-5-15(24-2)19-20-16/h3-6,9,12H,7-8,10H2,1-2H3/t12-/m0/s1. The first-order valence-electron chi connectivity index (χ1n) is 7.78. The van der Waals surface area contributed by atoms with Gasteiger partial charge in [-0.3, -0.25) is 4.79 Å². The van der Waals surface area contributed by atoms with Gasteiger partial charge in [0, 0.05) is 30.7 Å². The first-order chi connectivity index (χ1) is 12.1. The van der Waals surface area contributed by atoms with E-state index in [9.17, 15) is 9.18 Å². The molecule has 1 atom stereocenters. The fourth-order valence-corrected chi connectivity index (χ4v) is 2.64. The number of benzene rings is 1. The molecule has 25 heavy (non-hydrogen) atoms. The van der Waals surface area contributed by atoms with Crippen LogP contribution in [0.2, 0.25) is 0 Å². The highest BCUT2D eigenvalue weighted by Gasteiger charge is 2.29. The van der Waals surface area contributed by atoms with E-state index in [0.717, 1.165) is 0 Å². The number of hydrogen-bond acceptors (Lipinski definition) is 6. The lowest BCUT2D eigenvalue weighted by Gasteiger charge is -2.17. The van der Waals surface area contributed by atoms with Gasteiger partial charge in [0.05, 0.1) is 20.8 Å². The van der Waals surface area contributed by atoms with Crippen LogP contribution in [0.1, 0.15) is 16.8 Å². The molecule has 0 unspecified atom stereocenters. The number of ether oxygens (including phenoxy) is 3. The van der Waals surface area contributed by atoms with Gasteiger partial charge < -0.3 is 19.1 Å². The predicted molar refractivity (Wildman–Crippen MR) is 86.5 cm³/mol. The van der Waals surface area contributed by atoms with E-state index in [1.54, 1.807) is 23.1 Å². The van der Waals surface area contributed by atoms with E-state index in [-0.39, 0.29) is 23.3 Å². The van der Waals surface area contributed by atoms with Crippen LogP contribution in [-0.4, -0.2) is 54.4 Å². The minimum Gasteiger partial charge on any atom is -0.494 e. The number of carbonyl (C=O) groups is 1. The van der Waals surface area contributed by atoms with E-state index in [0.29, 0.717) is 31.3 Å². The van der Waals surface area contributed by atoms with Crippen molar-refractivity contribution in [2.45, 2.75) is 12.5 Å². The molecule has 0 radical (unpaired) electrons. The van der Waals surface area contributed by atoms with Crippen LogP contribution in [0.3, 0.4) is 0 Å². The fourth-order valence-electron chi connectivity index (χ4n) is 2.64. The van der Waals surface area contributed by atoms with Gasteiger partial charge in [0.1, 0.15) is 6.10 Å². The van der Waals surface area contributed by atoms with E-state index >= 15 is 0 Å². The molecule has 1 aromatic carbocycles. The Morgan fingerprint density at radius 1 is 1.16 bits per heavy atom. The molecule has 2 heterocycles. The summed E-state index contributed by atoms with van der Waals surface area (Å²) in [6.45, 7) is 0.931. The number of halogens is 1. The highest BCUT2D eigenvalue weighted by atomic mass is 19.1. The average molecular weight is 347 g/mol. The normalized spacial score (nSPS) is 16.6. The Hall–Kier alpha value is -2.90. The Bertz CT molecular complexity index is 754. The first kappa shape index (κ1) is 16.9. The zero-order valence-electron chi connectivity index (χ0n) is 13.9. The summed E-state index contributed by atoms with van der Waals surface area (Å²) in [5, 5.41) is 7.74. The number of methoxy groups -OCH3 is 2. The zero-order valence-corrected chi connectivity index (χ0v) is 13.9. The molecule has 1 fully saturated rings. The number of rotatable bonds is 5. The molecular weight excluding hydrogens is 329 g/mol. The van der Waals surface area contributed by atoms with Gasteiger partial charge in [0.15, 0.2) is 11.6 Å². The van der Waals surface area contributed by atoms with Gasteiger partial charge in [-0.15, -0.1) is 10.2 Å². The molecule has 1 amide bonds. The smallest absolute Gasteiger partial charge is 0.254 e. The van der Waals surface area contributed by atoms with Gasteiger partial charge in [-0.05, 0) is 18.2 Å². The maximum atomic E-state index is 13.8. The zero-order chi connectivity index (χ0) is 17.8. The minimum absolute atomic E-state index is 0.109. The van der Waals surface area contributed by atoms with E-state index in [2.05, 4.69) is 10.2 Å². The van der Waals surface area contributed by atoms with Crippen molar-refractivity contribution in [3.8, 4) is 17.5 Å². The van der Waals surface area contributed by atoms with Crippen molar-refractivity contribution < 1.29 is 23.4 Å². The Balaban J connectivity index is 1.61. The van der Waals surface area contributed by atoms with Crippen LogP contribution in [0.4, 0.5) is 4.39 Å². The van der Waals surface area contributed by atoms with Crippen molar-refractivity contribution in [1.29, 1.82) is 0 Å². The monoisotopic (exact) mass is 347 g/mol.